The highest BCUT2D eigenvalue weighted by Gasteiger charge is 2.06. The van der Waals surface area contributed by atoms with Crippen molar-refractivity contribution in [2.45, 2.75) is 13.8 Å². The summed E-state index contributed by atoms with van der Waals surface area (Å²) in [6.07, 6.45) is 4.38. The van der Waals surface area contributed by atoms with Crippen molar-refractivity contribution < 1.29 is 4.79 Å². The van der Waals surface area contributed by atoms with Crippen LogP contribution in [0.15, 0.2) is 36.9 Å². The Hall–Kier alpha value is -2.23. The lowest BCUT2D eigenvalue weighted by Crippen LogP contribution is -2.12. The molecule has 4 heteroatoms. The van der Waals surface area contributed by atoms with Gasteiger partial charge in [0.15, 0.2) is 0 Å². The van der Waals surface area contributed by atoms with E-state index >= 15 is 0 Å². The number of hydrogen-bond acceptors (Lipinski definition) is 3. The van der Waals surface area contributed by atoms with E-state index in [9.17, 15) is 4.79 Å². The Kier molecular flexibility index (Phi) is 3.14. The standard InChI is InChI=1S/C13H13N3O/c1-9-3-10(2)5-12(4-9)16-13(17)11-6-14-8-15-7-11/h3-8H,1-2H3,(H,16,17). The van der Waals surface area contributed by atoms with Crippen molar-refractivity contribution in [1.82, 2.24) is 9.97 Å². The predicted molar refractivity (Wildman–Crippen MR) is 65.9 cm³/mol. The molecule has 4 nitrogen and oxygen atoms in total. The first-order valence-corrected chi connectivity index (χ1v) is 5.30. The Morgan fingerprint density at radius 1 is 1.06 bits per heavy atom. The highest BCUT2D eigenvalue weighted by atomic mass is 16.1. The van der Waals surface area contributed by atoms with Crippen LogP contribution < -0.4 is 5.32 Å². The Balaban J connectivity index is 2.19. The molecule has 0 aliphatic heterocycles. The summed E-state index contributed by atoms with van der Waals surface area (Å²) in [6.45, 7) is 3.99. The van der Waals surface area contributed by atoms with Gasteiger partial charge in [-0.2, -0.15) is 0 Å². The molecule has 1 aromatic carbocycles. The average Bonchev–Trinajstić information content (AvgIpc) is 2.28. The highest BCUT2D eigenvalue weighted by molar-refractivity contribution is 6.03. The minimum Gasteiger partial charge on any atom is -0.322 e. The van der Waals surface area contributed by atoms with Gasteiger partial charge in [-0.3, -0.25) is 4.79 Å². The maximum atomic E-state index is 11.8. The van der Waals surface area contributed by atoms with Crippen LogP contribution in [-0.2, 0) is 0 Å². The topological polar surface area (TPSA) is 54.9 Å². The maximum Gasteiger partial charge on any atom is 0.258 e. The average molecular weight is 227 g/mol. The van der Waals surface area contributed by atoms with Gasteiger partial charge < -0.3 is 5.32 Å². The number of aryl methyl sites for hydroxylation is 2. The Morgan fingerprint density at radius 2 is 1.65 bits per heavy atom. The van der Waals surface area contributed by atoms with Gasteiger partial charge in [-0.05, 0) is 37.1 Å². The van der Waals surface area contributed by atoms with E-state index in [0.29, 0.717) is 5.56 Å². The number of carbonyl (C=O) groups excluding carboxylic acids is 1. The molecule has 2 rings (SSSR count). The number of hydrogen-bond donors (Lipinski definition) is 1. The molecule has 0 saturated heterocycles. The first-order valence-electron chi connectivity index (χ1n) is 5.30. The zero-order chi connectivity index (χ0) is 12.3. The molecule has 0 bridgehead atoms. The molecular formula is C13H13N3O. The molecule has 0 aliphatic rings. The van der Waals surface area contributed by atoms with E-state index in [4.69, 9.17) is 0 Å². The number of aromatic nitrogens is 2. The van der Waals surface area contributed by atoms with Gasteiger partial charge in [-0.15, -0.1) is 0 Å². The third-order valence-electron chi connectivity index (χ3n) is 2.30. The zero-order valence-electron chi connectivity index (χ0n) is 9.77. The molecule has 1 heterocycles. The summed E-state index contributed by atoms with van der Waals surface area (Å²) >= 11 is 0. The molecule has 1 aromatic heterocycles. The molecule has 2 aromatic rings. The van der Waals surface area contributed by atoms with Crippen LogP contribution in [0.3, 0.4) is 0 Å². The van der Waals surface area contributed by atoms with Crippen LogP contribution >= 0.6 is 0 Å². The van der Waals surface area contributed by atoms with Crippen LogP contribution in [0.25, 0.3) is 0 Å². The van der Waals surface area contributed by atoms with Crippen molar-refractivity contribution in [2.24, 2.45) is 0 Å². The number of nitrogens with one attached hydrogen (secondary N) is 1. The molecule has 0 unspecified atom stereocenters. The van der Waals surface area contributed by atoms with Crippen LogP contribution in [0.4, 0.5) is 5.69 Å². The van der Waals surface area contributed by atoms with Crippen LogP contribution in [0.1, 0.15) is 21.5 Å². The molecule has 0 atom stereocenters. The largest absolute Gasteiger partial charge is 0.322 e. The molecule has 0 saturated carbocycles. The van der Waals surface area contributed by atoms with E-state index in [-0.39, 0.29) is 5.91 Å². The highest BCUT2D eigenvalue weighted by Crippen LogP contribution is 2.14. The molecule has 17 heavy (non-hydrogen) atoms. The Labute approximate surface area is 99.7 Å². The van der Waals surface area contributed by atoms with Crippen molar-refractivity contribution in [3.05, 3.63) is 53.6 Å². The van der Waals surface area contributed by atoms with E-state index < -0.39 is 0 Å². The molecule has 1 N–H and O–H groups in total. The molecule has 86 valence electrons. The number of amides is 1. The summed E-state index contributed by atoms with van der Waals surface area (Å²) in [5.41, 5.74) is 3.47. The molecule has 0 aliphatic carbocycles. The van der Waals surface area contributed by atoms with E-state index in [1.807, 2.05) is 26.0 Å². The third-order valence-corrected chi connectivity index (χ3v) is 2.30. The predicted octanol–water partition coefficient (Wildman–Crippen LogP) is 2.35. The van der Waals surface area contributed by atoms with E-state index in [1.165, 1.54) is 18.7 Å². The Morgan fingerprint density at radius 3 is 2.24 bits per heavy atom. The zero-order valence-corrected chi connectivity index (χ0v) is 9.77. The number of nitrogens with zero attached hydrogens (tertiary/aromatic N) is 2. The van der Waals surface area contributed by atoms with Crippen molar-refractivity contribution in [1.29, 1.82) is 0 Å². The summed E-state index contributed by atoms with van der Waals surface area (Å²) in [6, 6.07) is 5.91. The smallest absolute Gasteiger partial charge is 0.258 e. The molecule has 0 spiro atoms. The molecule has 0 fully saturated rings. The fourth-order valence-corrected chi connectivity index (χ4v) is 1.67. The lowest BCUT2D eigenvalue weighted by molar-refractivity contribution is 0.102. The number of benzene rings is 1. The Bertz CT molecular complexity index is 517. The lowest BCUT2D eigenvalue weighted by atomic mass is 10.1. The van der Waals surface area contributed by atoms with E-state index in [0.717, 1.165) is 16.8 Å². The third kappa shape index (κ3) is 2.87. The van der Waals surface area contributed by atoms with Gasteiger partial charge in [0, 0.05) is 18.1 Å². The van der Waals surface area contributed by atoms with Gasteiger partial charge in [-0.25, -0.2) is 9.97 Å². The second-order valence-corrected chi connectivity index (χ2v) is 3.96. The maximum absolute atomic E-state index is 11.8. The molecule has 1 amide bonds. The van der Waals surface area contributed by atoms with Gasteiger partial charge in [0.25, 0.3) is 5.91 Å². The van der Waals surface area contributed by atoms with E-state index in [2.05, 4.69) is 21.4 Å². The second kappa shape index (κ2) is 4.74. The minimum absolute atomic E-state index is 0.199. The fourth-order valence-electron chi connectivity index (χ4n) is 1.67. The van der Waals surface area contributed by atoms with Gasteiger partial charge in [0.05, 0.1) is 5.56 Å². The van der Waals surface area contributed by atoms with Crippen molar-refractivity contribution in [2.75, 3.05) is 5.32 Å². The summed E-state index contributed by atoms with van der Waals surface area (Å²) in [7, 11) is 0. The molecule has 0 radical (unpaired) electrons. The summed E-state index contributed by atoms with van der Waals surface area (Å²) < 4.78 is 0. The van der Waals surface area contributed by atoms with Gasteiger partial charge in [0.1, 0.15) is 6.33 Å². The first-order chi connectivity index (χ1) is 8.15. The second-order valence-electron chi connectivity index (χ2n) is 3.96. The quantitative estimate of drug-likeness (QED) is 0.856. The van der Waals surface area contributed by atoms with Crippen LogP contribution in [-0.4, -0.2) is 15.9 Å². The molecular weight excluding hydrogens is 214 g/mol. The van der Waals surface area contributed by atoms with Crippen LogP contribution in [0.5, 0.6) is 0 Å². The SMILES string of the molecule is Cc1cc(C)cc(NC(=O)c2cncnc2)c1. The van der Waals surface area contributed by atoms with Crippen LogP contribution in [0, 0.1) is 13.8 Å². The van der Waals surface area contributed by atoms with Crippen molar-refractivity contribution >= 4 is 11.6 Å². The van der Waals surface area contributed by atoms with Crippen LogP contribution in [0.2, 0.25) is 0 Å². The van der Waals surface area contributed by atoms with Crippen molar-refractivity contribution in [3.8, 4) is 0 Å². The number of rotatable bonds is 2. The summed E-state index contributed by atoms with van der Waals surface area (Å²) in [5, 5.41) is 2.82. The van der Waals surface area contributed by atoms with Gasteiger partial charge in [-0.1, -0.05) is 6.07 Å². The first kappa shape index (κ1) is 11.3. The van der Waals surface area contributed by atoms with Gasteiger partial charge >= 0.3 is 0 Å². The van der Waals surface area contributed by atoms with E-state index in [1.54, 1.807) is 0 Å². The number of carbonyl (C=O) groups is 1. The van der Waals surface area contributed by atoms with Crippen molar-refractivity contribution in [3.63, 3.8) is 0 Å². The summed E-state index contributed by atoms with van der Waals surface area (Å²) in [4.78, 5) is 19.5. The normalized spacial score (nSPS) is 10.0. The fraction of sp³-hybridized carbons (Fsp3) is 0.154. The monoisotopic (exact) mass is 227 g/mol. The lowest BCUT2D eigenvalue weighted by Gasteiger charge is -2.06. The van der Waals surface area contributed by atoms with Gasteiger partial charge in [0.2, 0.25) is 0 Å². The minimum atomic E-state index is -0.199. The number of anilines is 1. The summed E-state index contributed by atoms with van der Waals surface area (Å²) in [5.74, 6) is -0.199.